The van der Waals surface area contributed by atoms with Gasteiger partial charge in [-0.3, -0.25) is 4.79 Å². The summed E-state index contributed by atoms with van der Waals surface area (Å²) < 4.78 is 30.7. The molecule has 1 amide bonds. The number of rotatable bonds is 10. The number of hydrogen-bond donors (Lipinski definition) is 2. The molecule has 1 rings (SSSR count). The molecule has 0 radical (unpaired) electrons. The SMILES string of the molecule is CCCCS(=O)(=O)NCCNC(=O)COc1ccccc1. The van der Waals surface area contributed by atoms with Crippen LogP contribution in [0.2, 0.25) is 0 Å². The maximum Gasteiger partial charge on any atom is 0.257 e. The molecule has 0 spiro atoms. The van der Waals surface area contributed by atoms with Gasteiger partial charge in [-0.2, -0.15) is 0 Å². The van der Waals surface area contributed by atoms with Crippen LogP contribution in [0.4, 0.5) is 0 Å². The van der Waals surface area contributed by atoms with Gasteiger partial charge in [-0.25, -0.2) is 13.1 Å². The Morgan fingerprint density at radius 3 is 2.57 bits per heavy atom. The zero-order valence-corrected chi connectivity index (χ0v) is 13.0. The first-order valence-electron chi connectivity index (χ1n) is 6.95. The van der Waals surface area contributed by atoms with Crippen LogP contribution in [-0.2, 0) is 14.8 Å². The summed E-state index contributed by atoms with van der Waals surface area (Å²) in [6.45, 7) is 2.26. The molecular formula is C14H22N2O4S. The van der Waals surface area contributed by atoms with Gasteiger partial charge in [0.1, 0.15) is 5.75 Å². The van der Waals surface area contributed by atoms with Gasteiger partial charge in [0.2, 0.25) is 10.0 Å². The second-order valence-electron chi connectivity index (χ2n) is 4.52. The van der Waals surface area contributed by atoms with E-state index in [0.29, 0.717) is 12.2 Å². The number of para-hydroxylation sites is 1. The Bertz CT molecular complexity index is 517. The van der Waals surface area contributed by atoms with E-state index in [1.165, 1.54) is 0 Å². The van der Waals surface area contributed by atoms with Gasteiger partial charge >= 0.3 is 0 Å². The number of unbranched alkanes of at least 4 members (excludes halogenated alkanes) is 1. The second-order valence-corrected chi connectivity index (χ2v) is 6.44. The van der Waals surface area contributed by atoms with Crippen LogP contribution in [-0.4, -0.2) is 39.8 Å². The molecule has 1 aromatic rings. The first-order chi connectivity index (χ1) is 10.0. The van der Waals surface area contributed by atoms with Crippen LogP contribution >= 0.6 is 0 Å². The van der Waals surface area contributed by atoms with Gasteiger partial charge in [0.25, 0.3) is 5.91 Å². The minimum absolute atomic E-state index is 0.0907. The van der Waals surface area contributed by atoms with Crippen molar-refractivity contribution in [3.8, 4) is 5.75 Å². The number of ether oxygens (including phenoxy) is 1. The number of nitrogens with one attached hydrogen (secondary N) is 2. The van der Waals surface area contributed by atoms with Crippen LogP contribution in [0.1, 0.15) is 19.8 Å². The lowest BCUT2D eigenvalue weighted by molar-refractivity contribution is -0.123. The van der Waals surface area contributed by atoms with E-state index in [2.05, 4.69) is 10.0 Å². The topological polar surface area (TPSA) is 84.5 Å². The monoisotopic (exact) mass is 314 g/mol. The van der Waals surface area contributed by atoms with Crippen molar-refractivity contribution in [1.82, 2.24) is 10.0 Å². The highest BCUT2D eigenvalue weighted by molar-refractivity contribution is 7.89. The highest BCUT2D eigenvalue weighted by Gasteiger charge is 2.08. The summed E-state index contributed by atoms with van der Waals surface area (Å²) in [5.41, 5.74) is 0. The lowest BCUT2D eigenvalue weighted by Crippen LogP contribution is -2.37. The maximum atomic E-state index is 11.5. The van der Waals surface area contributed by atoms with Crippen LogP contribution < -0.4 is 14.8 Å². The number of hydrogen-bond acceptors (Lipinski definition) is 4. The molecule has 0 aromatic heterocycles. The van der Waals surface area contributed by atoms with Crippen LogP contribution in [0.5, 0.6) is 5.75 Å². The predicted octanol–water partition coefficient (Wildman–Crippen LogP) is 0.901. The average molecular weight is 314 g/mol. The third-order valence-electron chi connectivity index (χ3n) is 2.65. The molecule has 21 heavy (non-hydrogen) atoms. The number of carbonyl (C=O) groups is 1. The number of carbonyl (C=O) groups excluding carboxylic acids is 1. The number of sulfonamides is 1. The summed E-state index contributed by atoms with van der Waals surface area (Å²) in [4.78, 5) is 11.5. The highest BCUT2D eigenvalue weighted by Crippen LogP contribution is 2.07. The van der Waals surface area contributed by atoms with Gasteiger partial charge in [-0.1, -0.05) is 31.5 Å². The maximum absolute atomic E-state index is 11.5. The normalized spacial score (nSPS) is 11.1. The van der Waals surface area contributed by atoms with Crippen molar-refractivity contribution >= 4 is 15.9 Å². The van der Waals surface area contributed by atoms with Crippen molar-refractivity contribution in [2.24, 2.45) is 0 Å². The summed E-state index contributed by atoms with van der Waals surface area (Å²) in [7, 11) is -3.23. The Balaban J connectivity index is 2.13. The molecule has 118 valence electrons. The third kappa shape index (κ3) is 8.31. The largest absolute Gasteiger partial charge is 0.484 e. The Labute approximate surface area is 125 Å². The molecular weight excluding hydrogens is 292 g/mol. The van der Waals surface area contributed by atoms with Gasteiger partial charge in [0, 0.05) is 13.1 Å². The number of amides is 1. The van der Waals surface area contributed by atoms with Crippen molar-refractivity contribution in [3.05, 3.63) is 30.3 Å². The molecule has 6 nitrogen and oxygen atoms in total. The molecule has 0 unspecified atom stereocenters. The second kappa shape index (κ2) is 9.36. The molecule has 0 atom stereocenters. The lowest BCUT2D eigenvalue weighted by Gasteiger charge is -2.08. The zero-order valence-electron chi connectivity index (χ0n) is 12.2. The summed E-state index contributed by atoms with van der Waals surface area (Å²) in [5.74, 6) is 0.453. The van der Waals surface area contributed by atoms with Gasteiger partial charge in [0.15, 0.2) is 6.61 Å². The molecule has 0 fully saturated rings. The summed E-state index contributed by atoms with van der Waals surface area (Å²) in [6, 6.07) is 9.01. The molecule has 0 saturated carbocycles. The van der Waals surface area contributed by atoms with Crippen molar-refractivity contribution in [3.63, 3.8) is 0 Å². The minimum atomic E-state index is -3.23. The van der Waals surface area contributed by atoms with Gasteiger partial charge < -0.3 is 10.1 Å². The molecule has 0 aliphatic rings. The van der Waals surface area contributed by atoms with E-state index in [0.717, 1.165) is 6.42 Å². The van der Waals surface area contributed by atoms with Gasteiger partial charge in [0.05, 0.1) is 5.75 Å². The van der Waals surface area contributed by atoms with E-state index in [4.69, 9.17) is 4.74 Å². The molecule has 0 aliphatic carbocycles. The molecule has 0 heterocycles. The smallest absolute Gasteiger partial charge is 0.257 e. The van der Waals surface area contributed by atoms with Crippen molar-refractivity contribution in [2.45, 2.75) is 19.8 Å². The molecule has 0 bridgehead atoms. The average Bonchev–Trinajstić information content (AvgIpc) is 2.49. The Hall–Kier alpha value is -1.60. The lowest BCUT2D eigenvalue weighted by atomic mass is 10.3. The Morgan fingerprint density at radius 1 is 1.19 bits per heavy atom. The molecule has 7 heteroatoms. The molecule has 1 aromatic carbocycles. The fraction of sp³-hybridized carbons (Fsp3) is 0.500. The third-order valence-corrected chi connectivity index (χ3v) is 4.12. The zero-order chi connectivity index (χ0) is 15.6. The molecule has 0 saturated heterocycles. The van der Waals surface area contributed by atoms with E-state index in [9.17, 15) is 13.2 Å². The fourth-order valence-corrected chi connectivity index (χ4v) is 2.76. The van der Waals surface area contributed by atoms with E-state index in [-0.39, 0.29) is 31.4 Å². The minimum Gasteiger partial charge on any atom is -0.484 e. The fourth-order valence-electron chi connectivity index (χ4n) is 1.53. The van der Waals surface area contributed by atoms with Gasteiger partial charge in [-0.05, 0) is 18.6 Å². The summed E-state index contributed by atoms with van der Waals surface area (Å²) in [5, 5.41) is 2.59. The molecule has 2 N–H and O–H groups in total. The highest BCUT2D eigenvalue weighted by atomic mass is 32.2. The van der Waals surface area contributed by atoms with Crippen molar-refractivity contribution in [1.29, 1.82) is 0 Å². The Morgan fingerprint density at radius 2 is 1.90 bits per heavy atom. The van der Waals surface area contributed by atoms with Crippen molar-refractivity contribution in [2.75, 3.05) is 25.4 Å². The standard InChI is InChI=1S/C14H22N2O4S/c1-2-3-11-21(18,19)16-10-9-15-14(17)12-20-13-7-5-4-6-8-13/h4-8,16H,2-3,9-12H2,1H3,(H,15,17). The first kappa shape index (κ1) is 17.5. The number of benzene rings is 1. The van der Waals surface area contributed by atoms with Crippen LogP contribution in [0.3, 0.4) is 0 Å². The quantitative estimate of drug-likeness (QED) is 0.629. The molecule has 0 aliphatic heterocycles. The van der Waals surface area contributed by atoms with Crippen LogP contribution in [0, 0.1) is 0 Å². The van der Waals surface area contributed by atoms with Gasteiger partial charge in [-0.15, -0.1) is 0 Å². The van der Waals surface area contributed by atoms with Crippen molar-refractivity contribution < 1.29 is 17.9 Å². The van der Waals surface area contributed by atoms with E-state index < -0.39 is 10.0 Å². The summed E-state index contributed by atoms with van der Waals surface area (Å²) in [6.07, 6.45) is 1.46. The van der Waals surface area contributed by atoms with Crippen LogP contribution in [0.25, 0.3) is 0 Å². The first-order valence-corrected chi connectivity index (χ1v) is 8.60. The van der Waals surface area contributed by atoms with E-state index in [1.54, 1.807) is 12.1 Å². The summed E-state index contributed by atoms with van der Waals surface area (Å²) >= 11 is 0. The predicted molar refractivity (Wildman–Crippen MR) is 81.6 cm³/mol. The van der Waals surface area contributed by atoms with Crippen LogP contribution in [0.15, 0.2) is 30.3 Å². The van der Waals surface area contributed by atoms with E-state index in [1.807, 2.05) is 25.1 Å². The Kier molecular flexibility index (Phi) is 7.78. The van der Waals surface area contributed by atoms with E-state index >= 15 is 0 Å².